The first kappa shape index (κ1) is 21.1. The third-order valence-corrected chi connectivity index (χ3v) is 2.88. The number of alkyl halides is 1. The number of rotatable bonds is 5. The summed E-state index contributed by atoms with van der Waals surface area (Å²) in [5, 5.41) is -0.511. The molecule has 0 saturated heterocycles. The van der Waals surface area contributed by atoms with Gasteiger partial charge >= 0.3 is 33.0 Å². The van der Waals surface area contributed by atoms with Gasteiger partial charge in [0.05, 0.1) is 0 Å². The Labute approximate surface area is 129 Å². The maximum absolute atomic E-state index is 11.7. The molecule has 0 radical (unpaired) electrons. The predicted octanol–water partition coefficient (Wildman–Crippen LogP) is 5.93. The SMILES string of the molecule is CCCCC(=O)C(Cl)c1cccc[n+]1C.F[P-](F)(F)(F)(F)F. The minimum absolute atomic E-state index is 0.111. The van der Waals surface area contributed by atoms with E-state index in [4.69, 9.17) is 11.6 Å². The molecule has 1 aromatic rings. The van der Waals surface area contributed by atoms with Crippen molar-refractivity contribution in [3.8, 4) is 0 Å². The molecule has 0 fully saturated rings. The fourth-order valence-corrected chi connectivity index (χ4v) is 1.78. The molecule has 130 valence electrons. The van der Waals surface area contributed by atoms with Gasteiger partial charge in [0, 0.05) is 18.6 Å². The Morgan fingerprint density at radius 2 is 1.73 bits per heavy atom. The van der Waals surface area contributed by atoms with Crippen LogP contribution >= 0.6 is 19.4 Å². The summed E-state index contributed by atoms with van der Waals surface area (Å²) in [6.45, 7) is 2.07. The van der Waals surface area contributed by atoms with Crippen molar-refractivity contribution in [3.63, 3.8) is 0 Å². The number of carbonyl (C=O) groups is 1. The number of halogens is 7. The number of unbranched alkanes of at least 4 members (excludes halogenated alkanes) is 1. The van der Waals surface area contributed by atoms with E-state index < -0.39 is 13.2 Å². The van der Waals surface area contributed by atoms with Gasteiger partial charge < -0.3 is 0 Å². The number of hydrogen-bond acceptors (Lipinski definition) is 1. The van der Waals surface area contributed by atoms with Crippen molar-refractivity contribution in [2.75, 3.05) is 0 Å². The van der Waals surface area contributed by atoms with Gasteiger partial charge in [-0.2, -0.15) is 0 Å². The second-order valence-corrected chi connectivity index (χ2v) is 6.98. The van der Waals surface area contributed by atoms with Gasteiger partial charge in [-0.05, 0) is 6.42 Å². The first-order valence-electron chi connectivity index (χ1n) is 6.29. The van der Waals surface area contributed by atoms with Crippen LogP contribution in [0, 0.1) is 0 Å². The number of aromatic nitrogens is 1. The molecule has 1 rings (SSSR count). The molecule has 1 aromatic heterocycles. The Bertz CT molecular complexity index is 508. The maximum atomic E-state index is 11.7. The van der Waals surface area contributed by atoms with E-state index in [1.54, 1.807) is 0 Å². The summed E-state index contributed by atoms with van der Waals surface area (Å²) < 4.78 is 61.1. The summed E-state index contributed by atoms with van der Waals surface area (Å²) in [5.74, 6) is 0.111. The van der Waals surface area contributed by atoms with Gasteiger partial charge in [-0.25, -0.2) is 4.57 Å². The number of aryl methyl sites for hydroxylation is 1. The number of Topliss-reactive ketones (excluding diaryl/α,β-unsaturated/α-hetero) is 1. The van der Waals surface area contributed by atoms with E-state index in [0.29, 0.717) is 6.42 Å². The van der Waals surface area contributed by atoms with Crippen molar-refractivity contribution < 1.29 is 34.5 Å². The molecule has 0 bridgehead atoms. The summed E-state index contributed by atoms with van der Waals surface area (Å²) in [7, 11) is -8.76. The van der Waals surface area contributed by atoms with E-state index in [0.717, 1.165) is 18.5 Å². The van der Waals surface area contributed by atoms with E-state index in [-0.39, 0.29) is 5.78 Å². The molecule has 0 amide bonds. The molecule has 0 aliphatic carbocycles. The van der Waals surface area contributed by atoms with Crippen molar-refractivity contribution in [1.29, 1.82) is 0 Å². The van der Waals surface area contributed by atoms with Gasteiger partial charge in [0.25, 0.3) is 0 Å². The quantitative estimate of drug-likeness (QED) is 0.272. The minimum atomic E-state index is -10.7. The van der Waals surface area contributed by atoms with Gasteiger partial charge in [-0.1, -0.05) is 19.4 Å². The van der Waals surface area contributed by atoms with Gasteiger partial charge in [-0.15, -0.1) is 11.6 Å². The number of pyridine rings is 1. The van der Waals surface area contributed by atoms with E-state index in [9.17, 15) is 30.0 Å². The molecular formula is C12H17ClF6NOP. The summed E-state index contributed by atoms with van der Waals surface area (Å²) in [5.41, 5.74) is 0.861. The van der Waals surface area contributed by atoms with Crippen molar-refractivity contribution in [2.24, 2.45) is 7.05 Å². The molecule has 1 heterocycles. The van der Waals surface area contributed by atoms with Crippen molar-refractivity contribution in [3.05, 3.63) is 30.1 Å². The van der Waals surface area contributed by atoms with E-state index in [1.165, 1.54) is 0 Å². The molecule has 10 heteroatoms. The number of hydrogen-bond donors (Lipinski definition) is 0. The van der Waals surface area contributed by atoms with Crippen LogP contribution in [-0.4, -0.2) is 5.78 Å². The molecule has 0 aromatic carbocycles. The van der Waals surface area contributed by atoms with Crippen molar-refractivity contribution in [1.82, 2.24) is 0 Å². The Morgan fingerprint density at radius 1 is 1.23 bits per heavy atom. The summed E-state index contributed by atoms with van der Waals surface area (Å²) in [6.07, 6.45) is 4.41. The van der Waals surface area contributed by atoms with Crippen LogP contribution < -0.4 is 4.57 Å². The Hall–Kier alpha value is -0.880. The van der Waals surface area contributed by atoms with Crippen molar-refractivity contribution >= 4 is 25.2 Å². The zero-order valence-corrected chi connectivity index (χ0v) is 13.6. The average molecular weight is 372 g/mol. The Kier molecular flexibility index (Phi) is 6.44. The van der Waals surface area contributed by atoms with Crippen molar-refractivity contribution in [2.45, 2.75) is 31.6 Å². The first-order chi connectivity index (χ1) is 9.61. The van der Waals surface area contributed by atoms with Gasteiger partial charge in [0.2, 0.25) is 5.69 Å². The molecular weight excluding hydrogens is 355 g/mol. The second kappa shape index (κ2) is 6.71. The molecule has 0 saturated carbocycles. The number of nitrogens with zero attached hydrogens (tertiary/aromatic N) is 1. The Balaban J connectivity index is 0.000000534. The topological polar surface area (TPSA) is 20.9 Å². The summed E-state index contributed by atoms with van der Waals surface area (Å²) >= 11 is 6.13. The number of carbonyl (C=O) groups excluding carboxylic acids is 1. The van der Waals surface area contributed by atoms with E-state index in [1.807, 2.05) is 36.0 Å². The van der Waals surface area contributed by atoms with Crippen LogP contribution in [-0.2, 0) is 11.8 Å². The van der Waals surface area contributed by atoms with Crippen LogP contribution in [0.2, 0.25) is 0 Å². The first-order valence-corrected chi connectivity index (χ1v) is 8.76. The third-order valence-electron chi connectivity index (χ3n) is 2.41. The summed E-state index contributed by atoms with van der Waals surface area (Å²) in [6, 6.07) is 5.71. The monoisotopic (exact) mass is 371 g/mol. The van der Waals surface area contributed by atoms with Crippen LogP contribution in [0.4, 0.5) is 25.2 Å². The zero-order chi connectivity index (χ0) is 17.7. The third kappa shape index (κ3) is 12.8. The fraction of sp³-hybridized carbons (Fsp3) is 0.500. The van der Waals surface area contributed by atoms with Crippen LogP contribution in [0.15, 0.2) is 24.4 Å². The zero-order valence-electron chi connectivity index (χ0n) is 12.0. The number of ketones is 1. The standard InChI is InChI=1S/C12H17ClNO.F6P/c1-3-4-8-11(15)12(13)10-7-5-6-9-14(10)2;1-7(2,3,4,5)6/h5-7,9,12H,3-4,8H2,1-2H3;/q+1;-1. The van der Waals surface area contributed by atoms with Gasteiger partial charge in [-0.3, -0.25) is 4.79 Å². The summed E-state index contributed by atoms with van der Waals surface area (Å²) in [4.78, 5) is 11.7. The molecule has 0 aliphatic rings. The Morgan fingerprint density at radius 3 is 2.14 bits per heavy atom. The predicted molar refractivity (Wildman–Crippen MR) is 74.3 cm³/mol. The molecule has 1 unspecified atom stereocenters. The fourth-order valence-electron chi connectivity index (χ4n) is 1.44. The normalized spacial score (nSPS) is 15.9. The molecule has 22 heavy (non-hydrogen) atoms. The van der Waals surface area contributed by atoms with Gasteiger partial charge in [0.1, 0.15) is 7.05 Å². The van der Waals surface area contributed by atoms with Gasteiger partial charge in [0.15, 0.2) is 17.4 Å². The van der Waals surface area contributed by atoms with E-state index >= 15 is 0 Å². The molecule has 2 nitrogen and oxygen atoms in total. The van der Waals surface area contributed by atoms with Crippen LogP contribution in [0.1, 0.15) is 37.3 Å². The van der Waals surface area contributed by atoms with Crippen LogP contribution in [0.25, 0.3) is 0 Å². The van der Waals surface area contributed by atoms with Crippen LogP contribution in [0.5, 0.6) is 0 Å². The second-order valence-electron chi connectivity index (χ2n) is 4.63. The average Bonchev–Trinajstić information content (AvgIpc) is 2.32. The molecule has 1 atom stereocenters. The van der Waals surface area contributed by atoms with Crippen LogP contribution in [0.3, 0.4) is 0 Å². The molecule has 0 N–H and O–H groups in total. The molecule has 0 aliphatic heterocycles. The van der Waals surface area contributed by atoms with E-state index in [2.05, 4.69) is 6.92 Å². The molecule has 0 spiro atoms.